The number of aromatic nitrogens is 1. The number of nitrogens with one attached hydrogen (secondary N) is 1. The van der Waals surface area contributed by atoms with Crippen molar-refractivity contribution in [3.63, 3.8) is 0 Å². The summed E-state index contributed by atoms with van der Waals surface area (Å²) < 4.78 is 0. The van der Waals surface area contributed by atoms with Crippen molar-refractivity contribution in [2.75, 3.05) is 19.6 Å². The normalized spacial score (nSPS) is 20.3. The topological polar surface area (TPSA) is 28.2 Å². The predicted octanol–water partition coefficient (Wildman–Crippen LogP) is 2.86. The molecule has 112 valence electrons. The van der Waals surface area contributed by atoms with E-state index < -0.39 is 0 Å². The summed E-state index contributed by atoms with van der Waals surface area (Å²) in [6.45, 7) is 6.45. The number of nitrogens with zero attached hydrogens (tertiary/aromatic N) is 2. The highest BCUT2D eigenvalue weighted by Gasteiger charge is 2.18. The lowest BCUT2D eigenvalue weighted by atomic mass is 10.1. The summed E-state index contributed by atoms with van der Waals surface area (Å²) in [6, 6.07) is 11.3. The van der Waals surface area contributed by atoms with E-state index in [9.17, 15) is 0 Å². The lowest BCUT2D eigenvalue weighted by Crippen LogP contribution is -2.38. The van der Waals surface area contributed by atoms with E-state index >= 15 is 0 Å². The molecule has 0 saturated carbocycles. The molecule has 0 bridgehead atoms. The van der Waals surface area contributed by atoms with E-state index in [1.54, 1.807) is 11.3 Å². The quantitative estimate of drug-likeness (QED) is 0.941. The van der Waals surface area contributed by atoms with Gasteiger partial charge in [0, 0.05) is 23.7 Å². The summed E-state index contributed by atoms with van der Waals surface area (Å²) in [5.41, 5.74) is 2.56. The smallest absolute Gasteiger partial charge is 0.107 e. The fourth-order valence-corrected chi connectivity index (χ4v) is 3.74. The van der Waals surface area contributed by atoms with Crippen molar-refractivity contribution in [2.24, 2.45) is 0 Å². The van der Waals surface area contributed by atoms with Crippen LogP contribution in [0.2, 0.25) is 0 Å². The molecule has 4 heteroatoms. The lowest BCUT2D eigenvalue weighted by molar-refractivity contribution is 0.258. The third kappa shape index (κ3) is 4.37. The molecule has 3 nitrogen and oxygen atoms in total. The molecule has 0 aliphatic carbocycles. The molecule has 0 amide bonds. The van der Waals surface area contributed by atoms with E-state index in [4.69, 9.17) is 0 Å². The highest BCUT2D eigenvalue weighted by molar-refractivity contribution is 7.09. The highest BCUT2D eigenvalue weighted by Crippen LogP contribution is 2.14. The van der Waals surface area contributed by atoms with E-state index in [0.29, 0.717) is 6.04 Å². The SMILES string of the molecule is Cc1csc(CN2CCCNC(Cc3ccccc3)C2)n1. The minimum atomic E-state index is 0.538. The lowest BCUT2D eigenvalue weighted by Gasteiger charge is -2.23. The van der Waals surface area contributed by atoms with Gasteiger partial charge in [-0.2, -0.15) is 0 Å². The maximum Gasteiger partial charge on any atom is 0.107 e. The van der Waals surface area contributed by atoms with Crippen molar-refractivity contribution >= 4 is 11.3 Å². The molecule has 21 heavy (non-hydrogen) atoms. The Bertz CT molecular complexity index is 552. The fourth-order valence-electron chi connectivity index (χ4n) is 2.92. The van der Waals surface area contributed by atoms with Gasteiger partial charge >= 0.3 is 0 Å². The molecule has 1 saturated heterocycles. The number of benzene rings is 1. The first kappa shape index (κ1) is 14.7. The second-order valence-corrected chi connectivity index (χ2v) is 6.75. The summed E-state index contributed by atoms with van der Waals surface area (Å²) in [6.07, 6.45) is 2.32. The monoisotopic (exact) mass is 301 g/mol. The Morgan fingerprint density at radius 1 is 1.33 bits per heavy atom. The number of thiazole rings is 1. The van der Waals surface area contributed by atoms with Gasteiger partial charge in [-0.05, 0) is 38.4 Å². The largest absolute Gasteiger partial charge is 0.312 e. The fraction of sp³-hybridized carbons (Fsp3) is 0.471. The van der Waals surface area contributed by atoms with Crippen LogP contribution in [0.1, 0.15) is 22.7 Å². The summed E-state index contributed by atoms with van der Waals surface area (Å²) in [7, 11) is 0. The molecule has 1 aliphatic rings. The third-order valence-electron chi connectivity index (χ3n) is 3.91. The minimum Gasteiger partial charge on any atom is -0.312 e. The molecule has 1 fully saturated rings. The van der Waals surface area contributed by atoms with Gasteiger partial charge in [0.25, 0.3) is 0 Å². The number of hydrogen-bond donors (Lipinski definition) is 1. The van der Waals surface area contributed by atoms with Gasteiger partial charge in [0.05, 0.1) is 6.54 Å². The average molecular weight is 301 g/mol. The molecule has 1 unspecified atom stereocenters. The van der Waals surface area contributed by atoms with Crippen LogP contribution >= 0.6 is 11.3 Å². The van der Waals surface area contributed by atoms with Gasteiger partial charge in [0.1, 0.15) is 5.01 Å². The number of aryl methyl sites for hydroxylation is 1. The Labute approximate surface area is 131 Å². The maximum atomic E-state index is 4.60. The van der Waals surface area contributed by atoms with Crippen LogP contribution in [0, 0.1) is 6.92 Å². The molecular formula is C17H23N3S. The van der Waals surface area contributed by atoms with Crippen LogP contribution in [0.4, 0.5) is 0 Å². The van der Waals surface area contributed by atoms with E-state index in [2.05, 4.69) is 57.8 Å². The second-order valence-electron chi connectivity index (χ2n) is 5.81. The predicted molar refractivity (Wildman–Crippen MR) is 88.7 cm³/mol. The number of hydrogen-bond acceptors (Lipinski definition) is 4. The van der Waals surface area contributed by atoms with Crippen LogP contribution in [0.25, 0.3) is 0 Å². The van der Waals surface area contributed by atoms with Crippen molar-refractivity contribution in [1.29, 1.82) is 0 Å². The van der Waals surface area contributed by atoms with Crippen molar-refractivity contribution in [2.45, 2.75) is 32.4 Å². The summed E-state index contributed by atoms with van der Waals surface area (Å²) in [5, 5.41) is 7.08. The van der Waals surface area contributed by atoms with Crippen LogP contribution in [-0.2, 0) is 13.0 Å². The van der Waals surface area contributed by atoms with Crippen LogP contribution in [0.3, 0.4) is 0 Å². The average Bonchev–Trinajstić information content (AvgIpc) is 2.76. The van der Waals surface area contributed by atoms with Crippen molar-refractivity contribution in [3.05, 3.63) is 52.0 Å². The third-order valence-corrected chi connectivity index (χ3v) is 4.86. The van der Waals surface area contributed by atoms with E-state index in [1.807, 2.05) is 0 Å². The molecule has 1 atom stereocenters. The number of rotatable bonds is 4. The maximum absolute atomic E-state index is 4.60. The molecule has 1 N–H and O–H groups in total. The first-order valence-corrected chi connectivity index (χ1v) is 8.58. The summed E-state index contributed by atoms with van der Waals surface area (Å²) in [4.78, 5) is 7.15. The van der Waals surface area contributed by atoms with Crippen LogP contribution in [-0.4, -0.2) is 35.6 Å². The summed E-state index contributed by atoms with van der Waals surface area (Å²) >= 11 is 1.78. The Hall–Kier alpha value is -1.23. The molecular weight excluding hydrogens is 278 g/mol. The van der Waals surface area contributed by atoms with E-state index in [-0.39, 0.29) is 0 Å². The Kier molecular flexibility index (Phi) is 5.01. The second kappa shape index (κ2) is 7.16. The molecule has 2 heterocycles. The summed E-state index contributed by atoms with van der Waals surface area (Å²) in [5.74, 6) is 0. The Morgan fingerprint density at radius 3 is 2.95 bits per heavy atom. The zero-order valence-electron chi connectivity index (χ0n) is 12.6. The van der Waals surface area contributed by atoms with Crippen LogP contribution < -0.4 is 5.32 Å². The van der Waals surface area contributed by atoms with Gasteiger partial charge in [0.2, 0.25) is 0 Å². The zero-order chi connectivity index (χ0) is 14.5. The molecule has 0 radical (unpaired) electrons. The van der Waals surface area contributed by atoms with Crippen LogP contribution in [0.15, 0.2) is 35.7 Å². The molecule has 3 rings (SSSR count). The standard InChI is InChI=1S/C17H23N3S/c1-14-13-21-17(19-14)12-20-9-5-8-18-16(11-20)10-15-6-3-2-4-7-15/h2-4,6-7,13,16,18H,5,8-12H2,1H3. The van der Waals surface area contributed by atoms with Gasteiger partial charge in [-0.1, -0.05) is 30.3 Å². The minimum absolute atomic E-state index is 0.538. The van der Waals surface area contributed by atoms with Crippen molar-refractivity contribution < 1.29 is 0 Å². The van der Waals surface area contributed by atoms with Crippen LogP contribution in [0.5, 0.6) is 0 Å². The van der Waals surface area contributed by atoms with Crippen molar-refractivity contribution in [3.8, 4) is 0 Å². The van der Waals surface area contributed by atoms with Gasteiger partial charge < -0.3 is 5.32 Å². The van der Waals surface area contributed by atoms with Crippen molar-refractivity contribution in [1.82, 2.24) is 15.2 Å². The highest BCUT2D eigenvalue weighted by atomic mass is 32.1. The van der Waals surface area contributed by atoms with Gasteiger partial charge in [-0.15, -0.1) is 11.3 Å². The molecule has 2 aromatic rings. The van der Waals surface area contributed by atoms with E-state index in [1.165, 1.54) is 17.0 Å². The molecule has 0 spiro atoms. The van der Waals surface area contributed by atoms with E-state index in [0.717, 1.165) is 38.3 Å². The zero-order valence-corrected chi connectivity index (χ0v) is 13.4. The Balaban J connectivity index is 1.60. The van der Waals surface area contributed by atoms with Gasteiger partial charge in [0.15, 0.2) is 0 Å². The first-order valence-electron chi connectivity index (χ1n) is 7.70. The van der Waals surface area contributed by atoms with Gasteiger partial charge in [-0.25, -0.2) is 4.98 Å². The molecule has 1 aromatic carbocycles. The molecule has 1 aromatic heterocycles. The molecule has 1 aliphatic heterocycles. The van der Waals surface area contributed by atoms with Gasteiger partial charge in [-0.3, -0.25) is 4.90 Å². The Morgan fingerprint density at radius 2 is 2.19 bits per heavy atom. The first-order chi connectivity index (χ1) is 10.3.